The van der Waals surface area contributed by atoms with E-state index in [1.165, 1.54) is 12.8 Å². The fraction of sp³-hybridized carbons (Fsp3) is 0.889. The summed E-state index contributed by atoms with van der Waals surface area (Å²) in [5.74, 6) is 0.987. The molecule has 1 heterocycles. The van der Waals surface area contributed by atoms with Crippen LogP contribution in [0.15, 0.2) is 4.99 Å². The molecule has 0 radical (unpaired) electrons. The van der Waals surface area contributed by atoms with Gasteiger partial charge in [-0.05, 0) is 25.7 Å². The second-order valence-electron chi connectivity index (χ2n) is 3.91. The third-order valence-electron chi connectivity index (χ3n) is 2.79. The molecule has 1 aliphatic carbocycles. The van der Waals surface area contributed by atoms with E-state index in [2.05, 4.69) is 15.6 Å². The zero-order valence-electron chi connectivity index (χ0n) is 7.92. The lowest BCUT2D eigenvalue weighted by molar-refractivity contribution is 0.372. The monoisotopic (exact) mass is 182 g/mol. The summed E-state index contributed by atoms with van der Waals surface area (Å²) in [5, 5.41) is 6.64. The number of rotatable bonds is 1. The molecule has 2 rings (SSSR count). The maximum Gasteiger partial charge on any atom is 0.191 e. The fourth-order valence-electron chi connectivity index (χ4n) is 1.95. The Kier molecular flexibility index (Phi) is 2.68. The highest BCUT2D eigenvalue weighted by atomic mass is 15.2. The van der Waals surface area contributed by atoms with E-state index >= 15 is 0 Å². The van der Waals surface area contributed by atoms with Crippen molar-refractivity contribution in [3.63, 3.8) is 0 Å². The Morgan fingerprint density at radius 3 is 2.69 bits per heavy atom. The molecule has 0 aromatic rings. The van der Waals surface area contributed by atoms with Gasteiger partial charge in [0.25, 0.3) is 0 Å². The molecule has 74 valence electrons. The molecule has 0 saturated heterocycles. The molecule has 0 aromatic carbocycles. The van der Waals surface area contributed by atoms with Crippen LogP contribution in [-0.2, 0) is 0 Å². The Morgan fingerprint density at radius 2 is 2.08 bits per heavy atom. The van der Waals surface area contributed by atoms with Crippen molar-refractivity contribution in [2.24, 2.45) is 10.7 Å². The maximum absolute atomic E-state index is 5.83. The van der Waals surface area contributed by atoms with Gasteiger partial charge in [-0.2, -0.15) is 0 Å². The van der Waals surface area contributed by atoms with Crippen molar-refractivity contribution in [2.75, 3.05) is 13.1 Å². The van der Waals surface area contributed by atoms with E-state index < -0.39 is 0 Å². The molecule has 0 spiro atoms. The first-order valence-corrected chi connectivity index (χ1v) is 5.15. The predicted octanol–water partition coefficient (Wildman–Crippen LogP) is -0.195. The van der Waals surface area contributed by atoms with Gasteiger partial charge in [0.2, 0.25) is 0 Å². The highest BCUT2D eigenvalue weighted by Gasteiger charge is 2.19. The molecule has 0 bridgehead atoms. The summed E-state index contributed by atoms with van der Waals surface area (Å²) in [4.78, 5) is 4.31. The van der Waals surface area contributed by atoms with Gasteiger partial charge in [-0.3, -0.25) is 4.99 Å². The second kappa shape index (κ2) is 3.96. The van der Waals surface area contributed by atoms with Crippen molar-refractivity contribution in [3.05, 3.63) is 0 Å². The summed E-state index contributed by atoms with van der Waals surface area (Å²) in [6.07, 6.45) is 4.65. The van der Waals surface area contributed by atoms with E-state index in [4.69, 9.17) is 5.73 Å². The van der Waals surface area contributed by atoms with Crippen molar-refractivity contribution in [1.82, 2.24) is 10.6 Å². The van der Waals surface area contributed by atoms with Gasteiger partial charge in [0.15, 0.2) is 5.96 Å². The van der Waals surface area contributed by atoms with Gasteiger partial charge in [-0.15, -0.1) is 0 Å². The minimum absolute atomic E-state index is 0.427. The second-order valence-corrected chi connectivity index (χ2v) is 3.91. The highest BCUT2D eigenvalue weighted by Crippen LogP contribution is 2.16. The van der Waals surface area contributed by atoms with E-state index in [9.17, 15) is 0 Å². The van der Waals surface area contributed by atoms with E-state index in [0.29, 0.717) is 12.1 Å². The first-order valence-electron chi connectivity index (χ1n) is 5.15. The Hall–Kier alpha value is -0.770. The van der Waals surface area contributed by atoms with Crippen molar-refractivity contribution >= 4 is 5.96 Å². The van der Waals surface area contributed by atoms with Gasteiger partial charge in [0.1, 0.15) is 0 Å². The Balaban J connectivity index is 1.75. The predicted molar refractivity (Wildman–Crippen MR) is 53.7 cm³/mol. The molecular weight excluding hydrogens is 164 g/mol. The lowest BCUT2D eigenvalue weighted by Gasteiger charge is -2.27. The molecule has 1 saturated carbocycles. The van der Waals surface area contributed by atoms with Crippen molar-refractivity contribution < 1.29 is 0 Å². The third kappa shape index (κ3) is 2.34. The Bertz CT molecular complexity index is 194. The van der Waals surface area contributed by atoms with Crippen molar-refractivity contribution in [3.8, 4) is 0 Å². The Labute approximate surface area is 79.0 Å². The highest BCUT2D eigenvalue weighted by molar-refractivity contribution is 5.81. The van der Waals surface area contributed by atoms with Crippen LogP contribution in [0.25, 0.3) is 0 Å². The number of hydrogen-bond acceptors (Lipinski definition) is 4. The van der Waals surface area contributed by atoms with E-state index in [-0.39, 0.29) is 0 Å². The third-order valence-corrected chi connectivity index (χ3v) is 2.79. The number of nitrogens with one attached hydrogen (secondary N) is 2. The van der Waals surface area contributed by atoms with Crippen LogP contribution in [0.4, 0.5) is 0 Å². The molecule has 4 nitrogen and oxygen atoms in total. The number of guanidine groups is 1. The molecule has 4 heteroatoms. The summed E-state index contributed by atoms with van der Waals surface area (Å²) in [6.45, 7) is 1.89. The standard InChI is InChI=1S/C9H18N4/c10-7-1-3-8(4-2-7)13-9-11-5-6-12-9/h7-8H,1-6,10H2,(H2,11,12,13). The first kappa shape index (κ1) is 8.81. The van der Waals surface area contributed by atoms with E-state index in [1.54, 1.807) is 0 Å². The minimum Gasteiger partial charge on any atom is -0.355 e. The molecule has 0 aromatic heterocycles. The summed E-state index contributed by atoms with van der Waals surface area (Å²) in [5.41, 5.74) is 5.83. The molecule has 0 amide bonds. The van der Waals surface area contributed by atoms with E-state index in [1.807, 2.05) is 0 Å². The van der Waals surface area contributed by atoms with Gasteiger partial charge >= 0.3 is 0 Å². The molecule has 2 aliphatic rings. The number of aliphatic imine (C=N–C) groups is 1. The fourth-order valence-corrected chi connectivity index (χ4v) is 1.95. The smallest absolute Gasteiger partial charge is 0.191 e. The zero-order chi connectivity index (χ0) is 9.10. The molecule has 0 atom stereocenters. The summed E-state index contributed by atoms with van der Waals surface area (Å²) >= 11 is 0. The molecule has 13 heavy (non-hydrogen) atoms. The van der Waals surface area contributed by atoms with Gasteiger partial charge in [-0.25, -0.2) is 0 Å². The van der Waals surface area contributed by atoms with Gasteiger partial charge < -0.3 is 16.4 Å². The molecule has 1 fully saturated rings. The molecule has 0 unspecified atom stereocenters. The SMILES string of the molecule is NC1CCC(NC2=NCCN2)CC1. The van der Waals surface area contributed by atoms with Gasteiger partial charge in [0.05, 0.1) is 6.54 Å². The summed E-state index contributed by atoms with van der Waals surface area (Å²) in [6, 6.07) is 1.01. The zero-order valence-corrected chi connectivity index (χ0v) is 7.92. The Morgan fingerprint density at radius 1 is 1.31 bits per heavy atom. The molecular formula is C9H18N4. The van der Waals surface area contributed by atoms with Crippen LogP contribution >= 0.6 is 0 Å². The topological polar surface area (TPSA) is 62.4 Å². The van der Waals surface area contributed by atoms with Gasteiger partial charge in [-0.1, -0.05) is 0 Å². The van der Waals surface area contributed by atoms with Crippen LogP contribution < -0.4 is 16.4 Å². The van der Waals surface area contributed by atoms with Crippen LogP contribution in [0.3, 0.4) is 0 Å². The van der Waals surface area contributed by atoms with Gasteiger partial charge in [0, 0.05) is 18.6 Å². The van der Waals surface area contributed by atoms with Crippen LogP contribution in [-0.4, -0.2) is 31.1 Å². The van der Waals surface area contributed by atoms with Crippen molar-refractivity contribution in [1.29, 1.82) is 0 Å². The van der Waals surface area contributed by atoms with Crippen LogP contribution in [0.1, 0.15) is 25.7 Å². The lowest BCUT2D eigenvalue weighted by atomic mass is 9.92. The van der Waals surface area contributed by atoms with Crippen LogP contribution in [0.5, 0.6) is 0 Å². The number of hydrogen-bond donors (Lipinski definition) is 3. The number of nitrogens with two attached hydrogens (primary N) is 1. The lowest BCUT2D eigenvalue weighted by Crippen LogP contribution is -2.44. The average molecular weight is 182 g/mol. The average Bonchev–Trinajstić information content (AvgIpc) is 2.62. The molecule has 1 aliphatic heterocycles. The number of nitrogens with zero attached hydrogens (tertiary/aromatic N) is 1. The van der Waals surface area contributed by atoms with Crippen LogP contribution in [0.2, 0.25) is 0 Å². The van der Waals surface area contributed by atoms with Crippen LogP contribution in [0, 0.1) is 0 Å². The summed E-state index contributed by atoms with van der Waals surface area (Å²) < 4.78 is 0. The molecule has 4 N–H and O–H groups in total. The quantitative estimate of drug-likeness (QED) is 0.526. The first-order chi connectivity index (χ1) is 6.34. The maximum atomic E-state index is 5.83. The largest absolute Gasteiger partial charge is 0.355 e. The summed E-state index contributed by atoms with van der Waals surface area (Å²) in [7, 11) is 0. The normalized spacial score (nSPS) is 33.8. The van der Waals surface area contributed by atoms with Crippen molar-refractivity contribution in [2.45, 2.75) is 37.8 Å². The minimum atomic E-state index is 0.427. The van der Waals surface area contributed by atoms with E-state index in [0.717, 1.165) is 31.9 Å².